The first-order chi connectivity index (χ1) is 11.0. The Morgan fingerprint density at radius 2 is 1.96 bits per heavy atom. The summed E-state index contributed by atoms with van der Waals surface area (Å²) in [5, 5.41) is 8.95. The van der Waals surface area contributed by atoms with Crippen LogP contribution in [0.2, 0.25) is 0 Å². The van der Waals surface area contributed by atoms with Gasteiger partial charge >= 0.3 is 5.97 Å². The van der Waals surface area contributed by atoms with E-state index in [1.165, 1.54) is 13.0 Å². The summed E-state index contributed by atoms with van der Waals surface area (Å²) in [4.78, 5) is 27.0. The maximum absolute atomic E-state index is 13.3. The molecule has 124 valence electrons. The van der Waals surface area contributed by atoms with Gasteiger partial charge in [0.25, 0.3) is 0 Å². The lowest BCUT2D eigenvalue weighted by Gasteiger charge is -2.38. The summed E-state index contributed by atoms with van der Waals surface area (Å²) >= 11 is 0. The molecule has 0 bridgehead atoms. The van der Waals surface area contributed by atoms with Crippen molar-refractivity contribution in [2.45, 2.75) is 32.2 Å². The second kappa shape index (κ2) is 6.18. The van der Waals surface area contributed by atoms with Crippen molar-refractivity contribution in [3.8, 4) is 0 Å². The zero-order valence-corrected chi connectivity index (χ0v) is 13.2. The summed E-state index contributed by atoms with van der Waals surface area (Å²) in [6, 6.07) is 5.25. The van der Waals surface area contributed by atoms with Crippen LogP contribution in [-0.2, 0) is 16.0 Å². The van der Waals surface area contributed by atoms with Crippen LogP contribution in [0.15, 0.2) is 18.2 Å². The number of anilines is 1. The van der Waals surface area contributed by atoms with E-state index in [1.54, 1.807) is 11.0 Å². The zero-order chi connectivity index (χ0) is 16.6. The number of carbonyl (C=O) groups is 2. The molecule has 0 aromatic heterocycles. The number of likely N-dealkylation sites (tertiary alicyclic amines) is 1. The molecule has 0 aliphatic carbocycles. The molecule has 23 heavy (non-hydrogen) atoms. The number of fused-ring (bicyclic) bond motifs is 1. The molecule has 1 fully saturated rings. The van der Waals surface area contributed by atoms with E-state index in [9.17, 15) is 14.0 Å². The molecule has 2 aliphatic heterocycles. The van der Waals surface area contributed by atoms with E-state index in [4.69, 9.17) is 5.11 Å². The van der Waals surface area contributed by atoms with Gasteiger partial charge in [0.1, 0.15) is 11.7 Å². The van der Waals surface area contributed by atoms with Crippen molar-refractivity contribution in [2.24, 2.45) is 5.92 Å². The van der Waals surface area contributed by atoms with Gasteiger partial charge in [0, 0.05) is 31.4 Å². The van der Waals surface area contributed by atoms with Gasteiger partial charge in [-0.15, -0.1) is 0 Å². The molecular formula is C17H21FN2O3. The topological polar surface area (TPSA) is 60.9 Å². The third-order valence-corrected chi connectivity index (χ3v) is 4.93. The quantitative estimate of drug-likeness (QED) is 0.864. The monoisotopic (exact) mass is 320 g/mol. The van der Waals surface area contributed by atoms with Crippen molar-refractivity contribution < 1.29 is 19.1 Å². The fourth-order valence-electron chi connectivity index (χ4n) is 3.55. The van der Waals surface area contributed by atoms with Gasteiger partial charge in [0.2, 0.25) is 5.91 Å². The van der Waals surface area contributed by atoms with Crippen molar-refractivity contribution in [3.05, 3.63) is 29.6 Å². The van der Waals surface area contributed by atoms with E-state index >= 15 is 0 Å². The summed E-state index contributed by atoms with van der Waals surface area (Å²) in [5.74, 6) is -2.57. The van der Waals surface area contributed by atoms with Gasteiger partial charge in [-0.1, -0.05) is 0 Å². The molecule has 1 aromatic carbocycles. The predicted molar refractivity (Wildman–Crippen MR) is 83.9 cm³/mol. The average molecular weight is 320 g/mol. The summed E-state index contributed by atoms with van der Waals surface area (Å²) in [6.45, 7) is 3.47. The molecule has 6 heteroatoms. The normalized spacial score (nSPS) is 19.6. The SMILES string of the molecule is CC(C(=O)O)C(=O)N1CCC(N2CCc3cc(F)ccc32)CC1. The summed E-state index contributed by atoms with van der Waals surface area (Å²) < 4.78 is 13.3. The van der Waals surface area contributed by atoms with Crippen LogP contribution in [0.3, 0.4) is 0 Å². The Morgan fingerprint density at radius 1 is 1.26 bits per heavy atom. The maximum Gasteiger partial charge on any atom is 0.315 e. The predicted octanol–water partition coefficient (Wildman–Crippen LogP) is 1.90. The first kappa shape index (κ1) is 15.8. The molecule has 1 atom stereocenters. The maximum atomic E-state index is 13.3. The summed E-state index contributed by atoms with van der Waals surface area (Å²) in [5.41, 5.74) is 2.14. The van der Waals surface area contributed by atoms with Gasteiger partial charge in [-0.2, -0.15) is 0 Å². The van der Waals surface area contributed by atoms with Crippen LogP contribution in [0.4, 0.5) is 10.1 Å². The smallest absolute Gasteiger partial charge is 0.315 e. The standard InChI is InChI=1S/C17H21FN2O3/c1-11(17(22)23)16(21)19-7-5-14(6-8-19)20-9-4-12-10-13(18)2-3-15(12)20/h2-3,10-11,14H,4-9H2,1H3,(H,22,23). The molecule has 2 aliphatic rings. The highest BCUT2D eigenvalue weighted by Gasteiger charge is 2.33. The number of piperidine rings is 1. The number of benzene rings is 1. The van der Waals surface area contributed by atoms with Crippen molar-refractivity contribution in [2.75, 3.05) is 24.5 Å². The number of carboxylic acid groups (broad SMARTS) is 1. The third-order valence-electron chi connectivity index (χ3n) is 4.93. The van der Waals surface area contributed by atoms with Crippen LogP contribution >= 0.6 is 0 Å². The molecule has 0 radical (unpaired) electrons. The van der Waals surface area contributed by atoms with Gasteiger partial charge in [-0.3, -0.25) is 9.59 Å². The second-order valence-electron chi connectivity index (χ2n) is 6.33. The Hall–Kier alpha value is -2.11. The number of halogens is 1. The van der Waals surface area contributed by atoms with E-state index in [0.717, 1.165) is 37.1 Å². The summed E-state index contributed by atoms with van der Waals surface area (Å²) in [6.07, 6.45) is 2.48. The van der Waals surface area contributed by atoms with Crippen LogP contribution < -0.4 is 4.90 Å². The van der Waals surface area contributed by atoms with Crippen LogP contribution in [0.25, 0.3) is 0 Å². The molecule has 1 unspecified atom stereocenters. The molecule has 0 saturated carbocycles. The van der Waals surface area contributed by atoms with Gasteiger partial charge in [-0.25, -0.2) is 4.39 Å². The van der Waals surface area contributed by atoms with E-state index in [2.05, 4.69) is 4.90 Å². The van der Waals surface area contributed by atoms with Crippen molar-refractivity contribution in [1.29, 1.82) is 0 Å². The molecule has 1 N–H and O–H groups in total. The molecular weight excluding hydrogens is 299 g/mol. The Bertz CT molecular complexity index is 626. The molecule has 1 saturated heterocycles. The van der Waals surface area contributed by atoms with E-state index in [0.29, 0.717) is 19.1 Å². The van der Waals surface area contributed by atoms with E-state index < -0.39 is 11.9 Å². The minimum atomic E-state index is -1.08. The Labute approximate surface area is 134 Å². The fourth-order valence-corrected chi connectivity index (χ4v) is 3.55. The molecule has 1 amide bonds. The van der Waals surface area contributed by atoms with Crippen LogP contribution in [-0.4, -0.2) is 47.6 Å². The lowest BCUT2D eigenvalue weighted by atomic mass is 10.0. The van der Waals surface area contributed by atoms with E-state index in [-0.39, 0.29) is 11.7 Å². The Kier molecular flexibility index (Phi) is 4.24. The largest absolute Gasteiger partial charge is 0.481 e. The number of hydrogen-bond donors (Lipinski definition) is 1. The van der Waals surface area contributed by atoms with Crippen LogP contribution in [0, 0.1) is 11.7 Å². The van der Waals surface area contributed by atoms with Crippen molar-refractivity contribution in [3.63, 3.8) is 0 Å². The minimum absolute atomic E-state index is 0.200. The van der Waals surface area contributed by atoms with Crippen molar-refractivity contribution >= 4 is 17.6 Å². The van der Waals surface area contributed by atoms with Crippen molar-refractivity contribution in [1.82, 2.24) is 4.90 Å². The number of carboxylic acids is 1. The van der Waals surface area contributed by atoms with Gasteiger partial charge in [-0.05, 0) is 49.9 Å². The van der Waals surface area contributed by atoms with Gasteiger partial charge in [0.15, 0.2) is 0 Å². The first-order valence-corrected chi connectivity index (χ1v) is 8.04. The Balaban J connectivity index is 1.63. The minimum Gasteiger partial charge on any atom is -0.481 e. The Morgan fingerprint density at radius 3 is 2.61 bits per heavy atom. The highest BCUT2D eigenvalue weighted by atomic mass is 19.1. The summed E-state index contributed by atoms with van der Waals surface area (Å²) in [7, 11) is 0. The fraction of sp³-hybridized carbons (Fsp3) is 0.529. The van der Waals surface area contributed by atoms with Gasteiger partial charge < -0.3 is 14.9 Å². The number of nitrogens with zero attached hydrogens (tertiary/aromatic N) is 2. The van der Waals surface area contributed by atoms with Crippen LogP contribution in [0.5, 0.6) is 0 Å². The molecule has 0 spiro atoms. The lowest BCUT2D eigenvalue weighted by molar-refractivity contribution is -0.150. The van der Waals surface area contributed by atoms with Crippen LogP contribution in [0.1, 0.15) is 25.3 Å². The highest BCUT2D eigenvalue weighted by molar-refractivity contribution is 5.96. The molecule has 2 heterocycles. The second-order valence-corrected chi connectivity index (χ2v) is 6.33. The number of rotatable bonds is 3. The average Bonchev–Trinajstić information content (AvgIpc) is 2.96. The van der Waals surface area contributed by atoms with E-state index in [1.807, 2.05) is 6.07 Å². The lowest BCUT2D eigenvalue weighted by Crippen LogP contribution is -2.48. The number of hydrogen-bond acceptors (Lipinski definition) is 3. The third kappa shape index (κ3) is 3.02. The zero-order valence-electron chi connectivity index (χ0n) is 13.2. The molecule has 5 nitrogen and oxygen atoms in total. The number of carbonyl (C=O) groups excluding carboxylic acids is 1. The number of aliphatic carboxylic acids is 1. The highest BCUT2D eigenvalue weighted by Crippen LogP contribution is 2.33. The first-order valence-electron chi connectivity index (χ1n) is 8.04. The number of amides is 1. The van der Waals surface area contributed by atoms with Gasteiger partial charge in [0.05, 0.1) is 0 Å². The molecule has 3 rings (SSSR count). The molecule has 1 aromatic rings.